The molecule has 1 aromatic heterocycles. The third kappa shape index (κ3) is 3.18. The van der Waals surface area contributed by atoms with E-state index in [0.717, 1.165) is 17.7 Å². The minimum atomic E-state index is -4.40. The SMILES string of the molecule is COc1cccc(-c2nc(-c3cccc(C(F)(F)F)c3)n[nH]2)c1. The topological polar surface area (TPSA) is 50.8 Å². The minimum absolute atomic E-state index is 0.203. The highest BCUT2D eigenvalue weighted by Crippen LogP contribution is 2.31. The normalized spacial score (nSPS) is 11.5. The standard InChI is InChI=1S/C16H12F3N3O/c1-23-13-7-3-5-11(9-13)15-20-14(21-22-15)10-4-2-6-12(8-10)16(17,18)19/h2-9H,1H3,(H,20,21,22). The Hall–Kier alpha value is -2.83. The van der Waals surface area contributed by atoms with Gasteiger partial charge < -0.3 is 4.74 Å². The monoisotopic (exact) mass is 319 g/mol. The number of nitrogens with zero attached hydrogens (tertiary/aromatic N) is 2. The molecule has 0 aliphatic heterocycles. The molecular weight excluding hydrogens is 307 g/mol. The molecule has 2 aromatic carbocycles. The average molecular weight is 319 g/mol. The van der Waals surface area contributed by atoms with E-state index in [1.165, 1.54) is 12.1 Å². The zero-order valence-corrected chi connectivity index (χ0v) is 12.1. The summed E-state index contributed by atoms with van der Waals surface area (Å²) in [5.41, 5.74) is 0.294. The summed E-state index contributed by atoms with van der Waals surface area (Å²) in [6.45, 7) is 0. The summed E-state index contributed by atoms with van der Waals surface area (Å²) < 4.78 is 43.5. The van der Waals surface area contributed by atoms with Crippen molar-refractivity contribution in [2.75, 3.05) is 7.11 Å². The maximum Gasteiger partial charge on any atom is 0.416 e. The van der Waals surface area contributed by atoms with Crippen molar-refractivity contribution in [1.82, 2.24) is 15.2 Å². The highest BCUT2D eigenvalue weighted by atomic mass is 19.4. The van der Waals surface area contributed by atoms with Crippen molar-refractivity contribution in [2.24, 2.45) is 0 Å². The predicted molar refractivity (Wildman–Crippen MR) is 78.8 cm³/mol. The summed E-state index contributed by atoms with van der Waals surface area (Å²) in [6.07, 6.45) is -4.40. The highest BCUT2D eigenvalue weighted by Gasteiger charge is 2.30. The lowest BCUT2D eigenvalue weighted by molar-refractivity contribution is -0.137. The van der Waals surface area contributed by atoms with E-state index in [1.54, 1.807) is 31.4 Å². The molecule has 23 heavy (non-hydrogen) atoms. The number of halogens is 3. The molecule has 0 saturated heterocycles. The molecule has 0 amide bonds. The summed E-state index contributed by atoms with van der Waals surface area (Å²) in [6, 6.07) is 12.1. The fourth-order valence-electron chi connectivity index (χ4n) is 2.12. The molecule has 118 valence electrons. The van der Waals surface area contributed by atoms with Crippen LogP contribution < -0.4 is 4.74 Å². The third-order valence-corrected chi connectivity index (χ3v) is 3.28. The van der Waals surface area contributed by atoms with Gasteiger partial charge in [0.1, 0.15) is 5.75 Å². The predicted octanol–water partition coefficient (Wildman–Crippen LogP) is 4.17. The van der Waals surface area contributed by atoms with E-state index >= 15 is 0 Å². The first-order chi connectivity index (χ1) is 11.0. The van der Waals surface area contributed by atoms with Crippen molar-refractivity contribution in [3.8, 4) is 28.5 Å². The molecule has 0 saturated carbocycles. The second-order valence-corrected chi connectivity index (χ2v) is 4.82. The van der Waals surface area contributed by atoms with Crippen LogP contribution in [-0.4, -0.2) is 22.3 Å². The lowest BCUT2D eigenvalue weighted by atomic mass is 10.1. The van der Waals surface area contributed by atoms with E-state index in [1.807, 2.05) is 0 Å². The van der Waals surface area contributed by atoms with Gasteiger partial charge in [-0.25, -0.2) is 4.98 Å². The molecule has 0 aliphatic carbocycles. The van der Waals surface area contributed by atoms with Crippen LogP contribution in [0.15, 0.2) is 48.5 Å². The third-order valence-electron chi connectivity index (χ3n) is 3.28. The average Bonchev–Trinajstić information content (AvgIpc) is 3.04. The first-order valence-corrected chi connectivity index (χ1v) is 6.72. The van der Waals surface area contributed by atoms with Crippen LogP contribution in [0.2, 0.25) is 0 Å². The number of alkyl halides is 3. The molecule has 0 unspecified atom stereocenters. The van der Waals surface area contributed by atoms with Gasteiger partial charge in [-0.1, -0.05) is 24.3 Å². The Balaban J connectivity index is 1.96. The number of H-pyrrole nitrogens is 1. The number of benzene rings is 2. The summed E-state index contributed by atoms with van der Waals surface area (Å²) in [5.74, 6) is 1.31. The molecule has 0 spiro atoms. The van der Waals surface area contributed by atoms with Crippen LogP contribution in [-0.2, 0) is 6.18 Å². The summed E-state index contributed by atoms with van der Waals surface area (Å²) in [5, 5.41) is 6.73. The summed E-state index contributed by atoms with van der Waals surface area (Å²) in [7, 11) is 1.55. The van der Waals surface area contributed by atoms with Gasteiger partial charge in [0.2, 0.25) is 0 Å². The first-order valence-electron chi connectivity index (χ1n) is 6.72. The van der Waals surface area contributed by atoms with Crippen LogP contribution in [0.3, 0.4) is 0 Å². The van der Waals surface area contributed by atoms with Crippen molar-refractivity contribution >= 4 is 0 Å². The number of aromatic nitrogens is 3. The molecule has 7 heteroatoms. The van der Waals surface area contributed by atoms with Crippen molar-refractivity contribution in [3.05, 3.63) is 54.1 Å². The van der Waals surface area contributed by atoms with E-state index in [-0.39, 0.29) is 5.82 Å². The molecule has 3 aromatic rings. The van der Waals surface area contributed by atoms with Gasteiger partial charge in [0.25, 0.3) is 0 Å². The van der Waals surface area contributed by atoms with E-state index < -0.39 is 11.7 Å². The van der Waals surface area contributed by atoms with E-state index in [0.29, 0.717) is 17.1 Å². The molecule has 0 atom stereocenters. The Kier molecular flexibility index (Phi) is 3.77. The first kappa shape index (κ1) is 15.1. The lowest BCUT2D eigenvalue weighted by Crippen LogP contribution is -2.04. The lowest BCUT2D eigenvalue weighted by Gasteiger charge is -2.06. The Bertz CT molecular complexity index is 827. The fourth-order valence-corrected chi connectivity index (χ4v) is 2.12. The van der Waals surface area contributed by atoms with Crippen molar-refractivity contribution < 1.29 is 17.9 Å². The van der Waals surface area contributed by atoms with Crippen LogP contribution in [0.1, 0.15) is 5.56 Å². The van der Waals surface area contributed by atoms with Crippen molar-refractivity contribution in [2.45, 2.75) is 6.18 Å². The number of rotatable bonds is 3. The van der Waals surface area contributed by atoms with E-state index in [2.05, 4.69) is 15.2 Å². The largest absolute Gasteiger partial charge is 0.497 e. The van der Waals surface area contributed by atoms with Crippen LogP contribution in [0.5, 0.6) is 5.75 Å². The number of ether oxygens (including phenoxy) is 1. The molecule has 0 aliphatic rings. The Morgan fingerprint density at radius 2 is 1.74 bits per heavy atom. The van der Waals surface area contributed by atoms with Crippen LogP contribution in [0.4, 0.5) is 13.2 Å². The van der Waals surface area contributed by atoms with Gasteiger partial charge in [-0.15, -0.1) is 0 Å². The molecule has 1 heterocycles. The second kappa shape index (κ2) is 5.75. The van der Waals surface area contributed by atoms with Gasteiger partial charge in [0.15, 0.2) is 11.6 Å². The van der Waals surface area contributed by atoms with Crippen LogP contribution >= 0.6 is 0 Å². The van der Waals surface area contributed by atoms with Gasteiger partial charge in [-0.2, -0.15) is 18.3 Å². The Morgan fingerprint density at radius 1 is 1.00 bits per heavy atom. The molecule has 1 N–H and O–H groups in total. The quantitative estimate of drug-likeness (QED) is 0.788. The fraction of sp³-hybridized carbons (Fsp3) is 0.125. The number of aromatic amines is 1. The number of nitrogens with one attached hydrogen (secondary N) is 1. The van der Waals surface area contributed by atoms with Crippen LogP contribution in [0.25, 0.3) is 22.8 Å². The number of hydrogen-bond donors (Lipinski definition) is 1. The van der Waals surface area contributed by atoms with Crippen LogP contribution in [0, 0.1) is 0 Å². The van der Waals surface area contributed by atoms with Gasteiger partial charge in [0, 0.05) is 11.1 Å². The molecular formula is C16H12F3N3O. The van der Waals surface area contributed by atoms with Crippen molar-refractivity contribution in [1.29, 1.82) is 0 Å². The summed E-state index contributed by atoms with van der Waals surface area (Å²) in [4.78, 5) is 4.26. The van der Waals surface area contributed by atoms with Crippen molar-refractivity contribution in [3.63, 3.8) is 0 Å². The van der Waals surface area contributed by atoms with Gasteiger partial charge in [0.05, 0.1) is 12.7 Å². The minimum Gasteiger partial charge on any atom is -0.497 e. The molecule has 0 fully saturated rings. The number of methoxy groups -OCH3 is 1. The maximum absolute atomic E-state index is 12.8. The van der Waals surface area contributed by atoms with E-state index in [9.17, 15) is 13.2 Å². The Labute approximate surface area is 130 Å². The molecule has 0 bridgehead atoms. The Morgan fingerprint density at radius 3 is 2.48 bits per heavy atom. The maximum atomic E-state index is 12.8. The second-order valence-electron chi connectivity index (χ2n) is 4.82. The smallest absolute Gasteiger partial charge is 0.416 e. The number of hydrogen-bond acceptors (Lipinski definition) is 3. The highest BCUT2D eigenvalue weighted by molar-refractivity contribution is 5.62. The molecule has 3 rings (SSSR count). The van der Waals surface area contributed by atoms with Gasteiger partial charge >= 0.3 is 6.18 Å². The zero-order valence-electron chi connectivity index (χ0n) is 12.1. The zero-order chi connectivity index (χ0) is 16.4. The van der Waals surface area contributed by atoms with E-state index in [4.69, 9.17) is 4.74 Å². The van der Waals surface area contributed by atoms with Gasteiger partial charge in [-0.05, 0) is 24.3 Å². The summed E-state index contributed by atoms with van der Waals surface area (Å²) >= 11 is 0. The molecule has 4 nitrogen and oxygen atoms in total. The van der Waals surface area contributed by atoms with Gasteiger partial charge in [-0.3, -0.25) is 5.10 Å². The molecule has 0 radical (unpaired) electrons.